The minimum atomic E-state index is -2.34. The summed E-state index contributed by atoms with van der Waals surface area (Å²) in [5, 5.41) is 10.3. The molecule has 2 aliphatic rings. The zero-order chi connectivity index (χ0) is 23.1. The molecular formula is C22H32N2O6Si. The number of hydrogen-bond acceptors (Lipinski definition) is 6. The summed E-state index contributed by atoms with van der Waals surface area (Å²) >= 11 is 0. The van der Waals surface area contributed by atoms with Crippen molar-refractivity contribution in [2.45, 2.75) is 57.6 Å². The minimum absolute atomic E-state index is 0.0158. The minimum Gasteiger partial charge on any atom is -0.504 e. The molecule has 8 nitrogen and oxygen atoms in total. The number of ether oxygens (including phenoxy) is 2. The van der Waals surface area contributed by atoms with Gasteiger partial charge in [-0.05, 0) is 30.6 Å². The fourth-order valence-electron chi connectivity index (χ4n) is 3.52. The van der Waals surface area contributed by atoms with Crippen molar-refractivity contribution in [3.05, 3.63) is 30.4 Å². The zero-order valence-electron chi connectivity index (χ0n) is 19.1. The Morgan fingerprint density at radius 3 is 2.55 bits per heavy atom. The van der Waals surface area contributed by atoms with Gasteiger partial charge in [-0.25, -0.2) is 9.69 Å². The molecular weight excluding hydrogens is 416 g/mol. The first-order chi connectivity index (χ1) is 14.4. The van der Waals surface area contributed by atoms with Crippen LogP contribution in [-0.4, -0.2) is 62.9 Å². The summed E-state index contributed by atoms with van der Waals surface area (Å²) in [6.45, 7) is 14.7. The normalized spacial score (nSPS) is 20.9. The molecule has 2 amide bonds. The highest BCUT2D eigenvalue weighted by molar-refractivity contribution is 6.74. The van der Waals surface area contributed by atoms with Crippen LogP contribution in [0.5, 0.6) is 11.5 Å². The van der Waals surface area contributed by atoms with E-state index in [-0.39, 0.29) is 46.3 Å². The lowest BCUT2D eigenvalue weighted by Crippen LogP contribution is -2.64. The molecule has 1 aromatic carbocycles. The van der Waals surface area contributed by atoms with E-state index in [9.17, 15) is 14.7 Å². The number of phenols is 1. The number of rotatable bonds is 5. The first-order valence-corrected chi connectivity index (χ1v) is 13.3. The summed E-state index contributed by atoms with van der Waals surface area (Å²) in [5.74, 6) is -0.245. The Kier molecular flexibility index (Phi) is 6.12. The predicted molar refractivity (Wildman–Crippen MR) is 120 cm³/mol. The summed E-state index contributed by atoms with van der Waals surface area (Å²) in [5.41, 5.74) is 0.506. The van der Waals surface area contributed by atoms with Gasteiger partial charge in [-0.15, -0.1) is 0 Å². The fraction of sp³-hybridized carbons (Fsp3) is 0.545. The molecule has 1 aromatic rings. The second-order valence-electron chi connectivity index (χ2n) is 9.40. The van der Waals surface area contributed by atoms with Crippen molar-refractivity contribution < 1.29 is 28.6 Å². The van der Waals surface area contributed by atoms with Crippen LogP contribution in [0.15, 0.2) is 24.8 Å². The Morgan fingerprint density at radius 1 is 1.35 bits per heavy atom. The summed E-state index contributed by atoms with van der Waals surface area (Å²) in [6, 6.07) is 2.53. The topological polar surface area (TPSA) is 88.5 Å². The third kappa shape index (κ3) is 4.04. The van der Waals surface area contributed by atoms with Gasteiger partial charge in [-0.3, -0.25) is 4.79 Å². The molecule has 1 unspecified atom stereocenters. The lowest BCUT2D eigenvalue weighted by atomic mass is 10.0. The predicted octanol–water partition coefficient (Wildman–Crippen LogP) is 4.11. The molecule has 1 fully saturated rings. The standard InChI is InChI=1S/C22H32N2O6Si/c1-8-11-29-21(27)24-16-13-17(25)18(28-5)12-14(16)19(26)23-10-9-15(23)20(24)30-31(6,7)22(2,3)4/h8,12-13,15,20,25H,1,9-11H2,2-7H3/t15-,20?/m0/s1. The van der Waals surface area contributed by atoms with Gasteiger partial charge in [0.05, 0.1) is 24.4 Å². The van der Waals surface area contributed by atoms with Crippen LogP contribution in [0.1, 0.15) is 37.6 Å². The number of amides is 2. The lowest BCUT2D eigenvalue weighted by Gasteiger charge is -2.49. The van der Waals surface area contributed by atoms with Gasteiger partial charge in [0.1, 0.15) is 6.61 Å². The molecule has 2 atom stereocenters. The van der Waals surface area contributed by atoms with E-state index in [4.69, 9.17) is 13.9 Å². The maximum absolute atomic E-state index is 13.3. The first kappa shape index (κ1) is 23.1. The monoisotopic (exact) mass is 448 g/mol. The molecule has 9 heteroatoms. The number of benzene rings is 1. The number of aromatic hydroxyl groups is 1. The summed E-state index contributed by atoms with van der Waals surface area (Å²) < 4.78 is 17.3. The summed E-state index contributed by atoms with van der Waals surface area (Å²) in [6.07, 6.45) is 0.793. The maximum Gasteiger partial charge on any atom is 0.416 e. The Balaban J connectivity index is 2.18. The maximum atomic E-state index is 13.3. The Bertz CT molecular complexity index is 895. The van der Waals surface area contributed by atoms with Crippen LogP contribution < -0.4 is 9.64 Å². The van der Waals surface area contributed by atoms with Gasteiger partial charge in [0.2, 0.25) is 0 Å². The number of methoxy groups -OCH3 is 1. The van der Waals surface area contributed by atoms with Gasteiger partial charge in [0.15, 0.2) is 26.0 Å². The molecule has 0 bridgehead atoms. The SMILES string of the molecule is C=CCOC(=O)N1c2cc(O)c(OC)cc2C(=O)N2CC[C@H]2C1O[Si](C)(C)C(C)(C)C. The molecule has 1 N–H and O–H groups in total. The molecule has 1 saturated heterocycles. The number of carbonyl (C=O) groups is 2. The van der Waals surface area contributed by atoms with E-state index < -0.39 is 20.6 Å². The van der Waals surface area contributed by atoms with Gasteiger partial charge in [0.25, 0.3) is 5.91 Å². The van der Waals surface area contributed by atoms with E-state index in [0.717, 1.165) is 0 Å². The molecule has 0 aromatic heterocycles. The van der Waals surface area contributed by atoms with Crippen LogP contribution in [0, 0.1) is 0 Å². The smallest absolute Gasteiger partial charge is 0.416 e. The molecule has 170 valence electrons. The number of fused-ring (bicyclic) bond motifs is 2. The third-order valence-corrected chi connectivity index (χ3v) is 10.9. The van der Waals surface area contributed by atoms with Crippen molar-refractivity contribution in [1.29, 1.82) is 0 Å². The van der Waals surface area contributed by atoms with Gasteiger partial charge >= 0.3 is 6.09 Å². The number of hydrogen-bond donors (Lipinski definition) is 1. The number of nitrogens with zero attached hydrogens (tertiary/aromatic N) is 2. The molecule has 31 heavy (non-hydrogen) atoms. The first-order valence-electron chi connectivity index (χ1n) is 10.4. The highest BCUT2D eigenvalue weighted by atomic mass is 28.4. The molecule has 0 radical (unpaired) electrons. The number of carbonyl (C=O) groups excluding carboxylic acids is 2. The largest absolute Gasteiger partial charge is 0.504 e. The molecule has 0 spiro atoms. The van der Waals surface area contributed by atoms with Crippen molar-refractivity contribution in [2.24, 2.45) is 0 Å². The van der Waals surface area contributed by atoms with Crippen molar-refractivity contribution in [3.63, 3.8) is 0 Å². The van der Waals surface area contributed by atoms with Crippen molar-refractivity contribution in [3.8, 4) is 11.5 Å². The molecule has 3 rings (SSSR count). The average Bonchev–Trinajstić information content (AvgIpc) is 2.69. The van der Waals surface area contributed by atoms with E-state index in [2.05, 4.69) is 40.4 Å². The van der Waals surface area contributed by atoms with Gasteiger partial charge in [-0.1, -0.05) is 33.4 Å². The zero-order valence-corrected chi connectivity index (χ0v) is 20.1. The Morgan fingerprint density at radius 2 is 2.03 bits per heavy atom. The third-order valence-electron chi connectivity index (χ3n) is 6.44. The van der Waals surface area contributed by atoms with E-state index in [1.54, 1.807) is 4.90 Å². The molecule has 2 aliphatic heterocycles. The highest BCUT2D eigenvalue weighted by Gasteiger charge is 2.52. The summed E-state index contributed by atoms with van der Waals surface area (Å²) in [7, 11) is -0.929. The highest BCUT2D eigenvalue weighted by Crippen LogP contribution is 2.45. The molecule has 0 saturated carbocycles. The van der Waals surface area contributed by atoms with E-state index in [1.165, 1.54) is 30.2 Å². The molecule has 2 heterocycles. The van der Waals surface area contributed by atoms with Crippen LogP contribution in [0.3, 0.4) is 0 Å². The Hall–Kier alpha value is -2.52. The van der Waals surface area contributed by atoms with E-state index in [1.807, 2.05) is 0 Å². The van der Waals surface area contributed by atoms with Crippen LogP contribution in [0.4, 0.5) is 10.5 Å². The van der Waals surface area contributed by atoms with Crippen LogP contribution in [0.25, 0.3) is 0 Å². The number of phenolic OH excluding ortho intramolecular Hbond substituents is 1. The molecule has 0 aliphatic carbocycles. The van der Waals surface area contributed by atoms with Gasteiger partial charge in [0, 0.05) is 12.6 Å². The average molecular weight is 449 g/mol. The van der Waals surface area contributed by atoms with Crippen molar-refractivity contribution in [1.82, 2.24) is 4.90 Å². The Labute approximate surface area is 184 Å². The van der Waals surface area contributed by atoms with E-state index in [0.29, 0.717) is 13.0 Å². The van der Waals surface area contributed by atoms with Crippen LogP contribution in [0.2, 0.25) is 18.1 Å². The van der Waals surface area contributed by atoms with Gasteiger partial charge < -0.3 is 23.9 Å². The number of anilines is 1. The fourth-order valence-corrected chi connectivity index (χ4v) is 4.74. The van der Waals surface area contributed by atoms with Crippen molar-refractivity contribution >= 4 is 26.0 Å². The summed E-state index contributed by atoms with van der Waals surface area (Å²) in [4.78, 5) is 29.6. The van der Waals surface area contributed by atoms with Crippen LogP contribution in [-0.2, 0) is 9.16 Å². The second kappa shape index (κ2) is 8.20. The van der Waals surface area contributed by atoms with Gasteiger partial charge in [-0.2, -0.15) is 0 Å². The second-order valence-corrected chi connectivity index (χ2v) is 14.2. The van der Waals surface area contributed by atoms with Crippen LogP contribution >= 0.6 is 0 Å². The lowest BCUT2D eigenvalue weighted by molar-refractivity contribution is 0.00133. The van der Waals surface area contributed by atoms with Crippen molar-refractivity contribution in [2.75, 3.05) is 25.2 Å². The van der Waals surface area contributed by atoms with E-state index >= 15 is 0 Å². The quantitative estimate of drug-likeness (QED) is 0.539.